The van der Waals surface area contributed by atoms with Crippen molar-refractivity contribution >= 4 is 29.0 Å². The standard InChI is InChI=1S/C28H31N3OS/c1-20-9-3-4-10-23(20)18-29-28(32)22-13-14-27-25(17-22)31(21(2)19-30-15-7-8-16-30)24-11-5-6-12-26(24)33-27/h3-6,9-14,17,21H,7-8,15-16,18-19H2,1-2H3,(H,29,32). The molecule has 0 spiro atoms. The summed E-state index contributed by atoms with van der Waals surface area (Å²) in [4.78, 5) is 20.6. The second kappa shape index (κ2) is 9.62. The molecule has 0 aromatic heterocycles. The second-order valence-electron chi connectivity index (χ2n) is 9.09. The summed E-state index contributed by atoms with van der Waals surface area (Å²) in [6.45, 7) is 8.32. The van der Waals surface area contributed by atoms with Crippen molar-refractivity contribution in [1.82, 2.24) is 10.2 Å². The van der Waals surface area contributed by atoms with E-state index in [1.807, 2.05) is 18.2 Å². The van der Waals surface area contributed by atoms with E-state index >= 15 is 0 Å². The summed E-state index contributed by atoms with van der Waals surface area (Å²) in [6, 6.07) is 23.3. The minimum Gasteiger partial charge on any atom is -0.348 e. The molecule has 0 bridgehead atoms. The first-order valence-electron chi connectivity index (χ1n) is 11.9. The highest BCUT2D eigenvalue weighted by Gasteiger charge is 2.29. The van der Waals surface area contributed by atoms with Crippen LogP contribution >= 0.6 is 11.8 Å². The number of amides is 1. The molecule has 1 fully saturated rings. The van der Waals surface area contributed by atoms with E-state index in [1.165, 1.54) is 47.0 Å². The number of hydrogen-bond donors (Lipinski definition) is 1. The van der Waals surface area contributed by atoms with Crippen LogP contribution in [0.4, 0.5) is 11.4 Å². The summed E-state index contributed by atoms with van der Waals surface area (Å²) in [5, 5.41) is 3.11. The van der Waals surface area contributed by atoms with Gasteiger partial charge in [-0.15, -0.1) is 0 Å². The first kappa shape index (κ1) is 22.1. The number of anilines is 2. The van der Waals surface area contributed by atoms with Crippen LogP contribution in [0.15, 0.2) is 76.5 Å². The smallest absolute Gasteiger partial charge is 0.251 e. The third-order valence-electron chi connectivity index (χ3n) is 6.69. The number of likely N-dealkylation sites (tertiary alicyclic amines) is 1. The van der Waals surface area contributed by atoms with Gasteiger partial charge in [0.05, 0.1) is 11.4 Å². The molecular formula is C28H31N3OS. The van der Waals surface area contributed by atoms with Gasteiger partial charge in [0, 0.05) is 34.5 Å². The number of benzene rings is 3. The Labute approximate surface area is 201 Å². The molecule has 5 heteroatoms. The third kappa shape index (κ3) is 4.66. The Kier molecular flexibility index (Phi) is 6.43. The lowest BCUT2D eigenvalue weighted by atomic mass is 10.1. The largest absolute Gasteiger partial charge is 0.348 e. The Balaban J connectivity index is 1.42. The number of aryl methyl sites for hydroxylation is 1. The van der Waals surface area contributed by atoms with E-state index in [-0.39, 0.29) is 5.91 Å². The molecule has 1 unspecified atom stereocenters. The number of hydrogen-bond acceptors (Lipinski definition) is 4. The summed E-state index contributed by atoms with van der Waals surface area (Å²) < 4.78 is 0. The predicted molar refractivity (Wildman–Crippen MR) is 137 cm³/mol. The quantitative estimate of drug-likeness (QED) is 0.492. The molecule has 1 saturated heterocycles. The Hall–Kier alpha value is -2.76. The SMILES string of the molecule is Cc1ccccc1CNC(=O)c1ccc2c(c1)N(C(C)CN1CCCC1)c1ccccc1S2. The van der Waals surface area contributed by atoms with E-state index in [9.17, 15) is 4.79 Å². The molecule has 1 atom stereocenters. The van der Waals surface area contributed by atoms with Gasteiger partial charge >= 0.3 is 0 Å². The van der Waals surface area contributed by atoms with Crippen molar-refractivity contribution in [3.05, 3.63) is 83.4 Å². The van der Waals surface area contributed by atoms with Crippen molar-refractivity contribution in [1.29, 1.82) is 0 Å². The summed E-state index contributed by atoms with van der Waals surface area (Å²) in [5.41, 5.74) is 5.42. The van der Waals surface area contributed by atoms with E-state index in [0.717, 1.165) is 17.8 Å². The van der Waals surface area contributed by atoms with E-state index in [2.05, 4.69) is 77.5 Å². The number of carbonyl (C=O) groups is 1. The van der Waals surface area contributed by atoms with Crippen molar-refractivity contribution in [2.24, 2.45) is 0 Å². The van der Waals surface area contributed by atoms with Gasteiger partial charge in [-0.3, -0.25) is 4.79 Å². The molecule has 2 aliphatic heterocycles. The maximum atomic E-state index is 13.1. The fourth-order valence-electron chi connectivity index (χ4n) is 4.91. The molecule has 4 nitrogen and oxygen atoms in total. The van der Waals surface area contributed by atoms with Crippen molar-refractivity contribution < 1.29 is 4.79 Å². The molecule has 170 valence electrons. The van der Waals surface area contributed by atoms with Crippen molar-refractivity contribution in [3.63, 3.8) is 0 Å². The Bertz CT molecular complexity index is 1160. The number of para-hydroxylation sites is 1. The molecule has 1 amide bonds. The van der Waals surface area contributed by atoms with E-state index in [0.29, 0.717) is 18.2 Å². The zero-order valence-electron chi connectivity index (χ0n) is 19.4. The predicted octanol–water partition coefficient (Wildman–Crippen LogP) is 6.01. The molecule has 3 aromatic rings. The van der Waals surface area contributed by atoms with Crippen LogP contribution in [0, 0.1) is 6.92 Å². The summed E-state index contributed by atoms with van der Waals surface area (Å²) in [5.74, 6) is -0.0305. The Morgan fingerprint density at radius 2 is 1.70 bits per heavy atom. The number of nitrogens with one attached hydrogen (secondary N) is 1. The molecule has 33 heavy (non-hydrogen) atoms. The monoisotopic (exact) mass is 457 g/mol. The average Bonchev–Trinajstić information content (AvgIpc) is 3.34. The van der Waals surface area contributed by atoms with Gasteiger partial charge in [0.15, 0.2) is 0 Å². The lowest BCUT2D eigenvalue weighted by molar-refractivity contribution is 0.0951. The molecule has 2 heterocycles. The summed E-state index contributed by atoms with van der Waals surface area (Å²) >= 11 is 1.79. The third-order valence-corrected chi connectivity index (χ3v) is 7.82. The van der Waals surface area contributed by atoms with E-state index in [1.54, 1.807) is 11.8 Å². The highest BCUT2D eigenvalue weighted by Crippen LogP contribution is 2.49. The Morgan fingerprint density at radius 1 is 0.970 bits per heavy atom. The van der Waals surface area contributed by atoms with Gasteiger partial charge in [0.2, 0.25) is 0 Å². The van der Waals surface area contributed by atoms with Gasteiger partial charge < -0.3 is 15.1 Å². The van der Waals surface area contributed by atoms with Crippen molar-refractivity contribution in [2.45, 2.75) is 49.1 Å². The number of carbonyl (C=O) groups excluding carboxylic acids is 1. The first-order chi connectivity index (χ1) is 16.1. The maximum Gasteiger partial charge on any atom is 0.251 e. The van der Waals surface area contributed by atoms with Gasteiger partial charge in [-0.05, 0) is 81.2 Å². The van der Waals surface area contributed by atoms with Crippen LogP contribution in [0.3, 0.4) is 0 Å². The van der Waals surface area contributed by atoms with Gasteiger partial charge in [0.25, 0.3) is 5.91 Å². The fourth-order valence-corrected chi connectivity index (χ4v) is 5.96. The van der Waals surface area contributed by atoms with Crippen LogP contribution in [0.1, 0.15) is 41.3 Å². The zero-order chi connectivity index (χ0) is 22.8. The highest BCUT2D eigenvalue weighted by atomic mass is 32.2. The Morgan fingerprint density at radius 3 is 2.52 bits per heavy atom. The fraction of sp³-hybridized carbons (Fsp3) is 0.321. The van der Waals surface area contributed by atoms with Crippen LogP contribution < -0.4 is 10.2 Å². The molecular weight excluding hydrogens is 426 g/mol. The molecule has 1 N–H and O–H groups in total. The number of fused-ring (bicyclic) bond motifs is 2. The number of rotatable bonds is 6. The minimum atomic E-state index is -0.0305. The van der Waals surface area contributed by atoms with E-state index in [4.69, 9.17) is 0 Å². The van der Waals surface area contributed by atoms with Crippen molar-refractivity contribution in [2.75, 3.05) is 24.5 Å². The zero-order valence-corrected chi connectivity index (χ0v) is 20.2. The van der Waals surface area contributed by atoms with Crippen LogP contribution in [0.5, 0.6) is 0 Å². The normalized spacial score (nSPS) is 16.2. The van der Waals surface area contributed by atoms with Gasteiger partial charge in [-0.25, -0.2) is 0 Å². The molecule has 0 saturated carbocycles. The van der Waals surface area contributed by atoms with Crippen LogP contribution in [0.2, 0.25) is 0 Å². The average molecular weight is 458 g/mol. The molecule has 3 aromatic carbocycles. The minimum absolute atomic E-state index is 0.0305. The van der Waals surface area contributed by atoms with Crippen molar-refractivity contribution in [3.8, 4) is 0 Å². The maximum absolute atomic E-state index is 13.1. The molecule has 2 aliphatic rings. The van der Waals surface area contributed by atoms with Crippen LogP contribution in [0.25, 0.3) is 0 Å². The van der Waals surface area contributed by atoms with E-state index < -0.39 is 0 Å². The first-order valence-corrected chi connectivity index (χ1v) is 12.7. The summed E-state index contributed by atoms with van der Waals surface area (Å²) in [7, 11) is 0. The van der Waals surface area contributed by atoms with Gasteiger partial charge in [-0.2, -0.15) is 0 Å². The lowest BCUT2D eigenvalue weighted by Gasteiger charge is -2.39. The highest BCUT2D eigenvalue weighted by molar-refractivity contribution is 7.99. The van der Waals surface area contributed by atoms with Gasteiger partial charge in [0.1, 0.15) is 0 Å². The lowest BCUT2D eigenvalue weighted by Crippen LogP contribution is -2.40. The van der Waals surface area contributed by atoms with Crippen LogP contribution in [-0.2, 0) is 6.54 Å². The topological polar surface area (TPSA) is 35.6 Å². The van der Waals surface area contributed by atoms with Gasteiger partial charge in [-0.1, -0.05) is 48.2 Å². The second-order valence-corrected chi connectivity index (χ2v) is 10.2. The number of nitrogens with zero attached hydrogens (tertiary/aromatic N) is 2. The molecule has 5 rings (SSSR count). The summed E-state index contributed by atoms with van der Waals surface area (Å²) in [6.07, 6.45) is 2.59. The van der Waals surface area contributed by atoms with Crippen LogP contribution in [-0.4, -0.2) is 36.5 Å². The molecule has 0 radical (unpaired) electrons. The molecule has 0 aliphatic carbocycles.